The molecule has 3 rings (SSSR count). The van der Waals surface area contributed by atoms with Gasteiger partial charge in [-0.2, -0.15) is 13.2 Å². The third kappa shape index (κ3) is 2.86. The minimum Gasteiger partial charge on any atom is -0.459 e. The van der Waals surface area contributed by atoms with Crippen molar-refractivity contribution in [3.8, 4) is 0 Å². The van der Waals surface area contributed by atoms with Gasteiger partial charge in [0.15, 0.2) is 0 Å². The van der Waals surface area contributed by atoms with Crippen LogP contribution in [0.2, 0.25) is 0 Å². The molecule has 1 aromatic carbocycles. The zero-order chi connectivity index (χ0) is 19.3. The number of carbonyl (C=O) groups is 2. The van der Waals surface area contributed by atoms with Crippen molar-refractivity contribution in [3.63, 3.8) is 0 Å². The molecular weight excluding hydrogens is 349 g/mol. The Morgan fingerprint density at radius 3 is 2.35 bits per heavy atom. The molecule has 0 spiro atoms. The van der Waals surface area contributed by atoms with Crippen LogP contribution in [0.3, 0.4) is 0 Å². The van der Waals surface area contributed by atoms with E-state index in [0.717, 1.165) is 5.01 Å². The van der Waals surface area contributed by atoms with Crippen molar-refractivity contribution in [2.24, 2.45) is 5.41 Å². The topological polar surface area (TPSA) is 49.9 Å². The minimum atomic E-state index is -4.89. The van der Waals surface area contributed by atoms with Crippen LogP contribution in [0.4, 0.5) is 13.2 Å². The molecule has 2 unspecified atom stereocenters. The van der Waals surface area contributed by atoms with Crippen LogP contribution in [0, 0.1) is 5.41 Å². The molecular formula is C18H21F3N2O3. The van der Waals surface area contributed by atoms with Gasteiger partial charge < -0.3 is 4.74 Å². The van der Waals surface area contributed by atoms with E-state index >= 15 is 0 Å². The van der Waals surface area contributed by atoms with Crippen LogP contribution >= 0.6 is 0 Å². The smallest absolute Gasteiger partial charge is 0.408 e. The van der Waals surface area contributed by atoms with E-state index in [0.29, 0.717) is 5.56 Å². The van der Waals surface area contributed by atoms with Gasteiger partial charge in [-0.15, -0.1) is 0 Å². The predicted molar refractivity (Wildman–Crippen MR) is 86.6 cm³/mol. The third-order valence-electron chi connectivity index (χ3n) is 4.70. The second kappa shape index (κ2) is 5.97. The lowest BCUT2D eigenvalue weighted by atomic mass is 9.76. The molecule has 1 amide bonds. The molecule has 2 aliphatic heterocycles. The van der Waals surface area contributed by atoms with Gasteiger partial charge in [0.25, 0.3) is 0 Å². The zero-order valence-corrected chi connectivity index (χ0v) is 14.8. The molecule has 142 valence electrons. The average Bonchev–Trinajstić information content (AvgIpc) is 3.04. The monoisotopic (exact) mass is 370 g/mol. The Balaban J connectivity index is 2.17. The van der Waals surface area contributed by atoms with E-state index in [1.54, 1.807) is 30.3 Å². The van der Waals surface area contributed by atoms with Crippen molar-refractivity contribution in [3.05, 3.63) is 35.9 Å². The summed E-state index contributed by atoms with van der Waals surface area (Å²) in [7, 11) is 0. The van der Waals surface area contributed by atoms with Gasteiger partial charge in [0.2, 0.25) is 11.3 Å². The van der Waals surface area contributed by atoms with E-state index in [2.05, 4.69) is 0 Å². The highest BCUT2D eigenvalue weighted by molar-refractivity contribution is 5.84. The number of hydrogen-bond donors (Lipinski definition) is 0. The Morgan fingerprint density at radius 2 is 1.81 bits per heavy atom. The molecule has 2 saturated heterocycles. The summed E-state index contributed by atoms with van der Waals surface area (Å²) in [5.74, 6) is -1.77. The summed E-state index contributed by atoms with van der Waals surface area (Å²) >= 11 is 0. The number of ether oxygens (including phenoxy) is 1. The van der Waals surface area contributed by atoms with Crippen LogP contribution in [0.5, 0.6) is 0 Å². The number of hydrazine groups is 1. The summed E-state index contributed by atoms with van der Waals surface area (Å²) in [6, 6.07) is 6.67. The lowest BCUT2D eigenvalue weighted by Crippen LogP contribution is -2.53. The predicted octanol–water partition coefficient (Wildman–Crippen LogP) is 3.08. The van der Waals surface area contributed by atoms with Gasteiger partial charge in [0, 0.05) is 13.0 Å². The first-order chi connectivity index (χ1) is 12.0. The number of halogens is 3. The third-order valence-corrected chi connectivity index (χ3v) is 4.70. The van der Waals surface area contributed by atoms with Crippen molar-refractivity contribution in [1.82, 2.24) is 10.0 Å². The number of hydrogen-bond acceptors (Lipinski definition) is 4. The normalized spacial score (nSPS) is 26.9. The van der Waals surface area contributed by atoms with E-state index in [-0.39, 0.29) is 13.0 Å². The Morgan fingerprint density at radius 1 is 1.19 bits per heavy atom. The first-order valence-corrected chi connectivity index (χ1v) is 8.39. The number of fused-ring (bicyclic) bond motifs is 1. The quantitative estimate of drug-likeness (QED) is 0.751. The highest BCUT2D eigenvalue weighted by atomic mass is 19.4. The molecule has 2 aliphatic rings. The number of esters is 1. The van der Waals surface area contributed by atoms with Crippen LogP contribution in [0.25, 0.3) is 0 Å². The molecule has 2 heterocycles. The van der Waals surface area contributed by atoms with Crippen molar-refractivity contribution in [2.75, 3.05) is 13.1 Å². The van der Waals surface area contributed by atoms with Crippen molar-refractivity contribution in [2.45, 2.75) is 45.0 Å². The fraction of sp³-hybridized carbons (Fsp3) is 0.556. The fourth-order valence-electron chi connectivity index (χ4n) is 3.63. The van der Waals surface area contributed by atoms with Gasteiger partial charge in [-0.25, -0.2) is 5.01 Å². The van der Waals surface area contributed by atoms with Crippen molar-refractivity contribution < 1.29 is 27.5 Å². The summed E-state index contributed by atoms with van der Waals surface area (Å²) in [5.41, 5.74) is -3.59. The molecule has 5 nitrogen and oxygen atoms in total. The van der Waals surface area contributed by atoms with Crippen molar-refractivity contribution >= 4 is 11.9 Å². The number of carbonyl (C=O) groups excluding carboxylic acids is 2. The summed E-state index contributed by atoms with van der Waals surface area (Å²) in [5, 5.41) is 2.41. The molecule has 1 aromatic rings. The number of amides is 1. The molecule has 0 radical (unpaired) electrons. The lowest BCUT2D eigenvalue weighted by Gasteiger charge is -2.37. The molecule has 0 aromatic heterocycles. The number of alkyl halides is 3. The summed E-state index contributed by atoms with van der Waals surface area (Å²) in [4.78, 5) is 25.0. The minimum absolute atomic E-state index is 0.131. The highest BCUT2D eigenvalue weighted by Gasteiger charge is 2.73. The maximum absolute atomic E-state index is 14.3. The summed E-state index contributed by atoms with van der Waals surface area (Å²) < 4.78 is 48.2. The largest absolute Gasteiger partial charge is 0.459 e. The maximum atomic E-state index is 14.3. The summed E-state index contributed by atoms with van der Waals surface area (Å²) in [6.45, 7) is 3.94. The van der Waals surface area contributed by atoms with Gasteiger partial charge in [0.1, 0.15) is 5.60 Å². The SMILES string of the molecule is CC(C)(C)OC(=O)C1(C(F)(F)F)CN2C(=O)CCN2C1c1ccccc1. The first kappa shape index (κ1) is 18.7. The summed E-state index contributed by atoms with van der Waals surface area (Å²) in [6.07, 6.45) is -4.76. The molecule has 8 heteroatoms. The second-order valence-electron chi connectivity index (χ2n) is 7.65. The Bertz CT molecular complexity index is 715. The van der Waals surface area contributed by atoms with Crippen LogP contribution in [0.15, 0.2) is 30.3 Å². The standard InChI is InChI=1S/C18H21F3N2O3/c1-16(2,3)26-15(25)17(18(19,20)21)11-23-13(24)9-10-22(23)14(17)12-7-5-4-6-8-12/h4-8,14H,9-11H2,1-3H3. The second-order valence-corrected chi connectivity index (χ2v) is 7.65. The van der Waals surface area contributed by atoms with Gasteiger partial charge >= 0.3 is 12.1 Å². The Labute approximate surface area is 149 Å². The van der Waals surface area contributed by atoms with Gasteiger partial charge in [-0.05, 0) is 26.3 Å². The van der Waals surface area contributed by atoms with Gasteiger partial charge in [0.05, 0.1) is 12.6 Å². The first-order valence-electron chi connectivity index (χ1n) is 8.39. The number of rotatable bonds is 2. The fourth-order valence-corrected chi connectivity index (χ4v) is 3.63. The van der Waals surface area contributed by atoms with E-state index in [1.165, 1.54) is 25.8 Å². The van der Waals surface area contributed by atoms with Crippen LogP contribution in [-0.4, -0.2) is 46.8 Å². The van der Waals surface area contributed by atoms with E-state index < -0.39 is 41.7 Å². The highest BCUT2D eigenvalue weighted by Crippen LogP contribution is 2.57. The molecule has 0 bridgehead atoms. The van der Waals surface area contributed by atoms with Crippen molar-refractivity contribution in [1.29, 1.82) is 0 Å². The van der Waals surface area contributed by atoms with E-state index in [1.807, 2.05) is 0 Å². The Hall–Kier alpha value is -2.09. The van der Waals surface area contributed by atoms with Crippen LogP contribution in [0.1, 0.15) is 38.8 Å². The van der Waals surface area contributed by atoms with Crippen LogP contribution in [-0.2, 0) is 14.3 Å². The van der Waals surface area contributed by atoms with Crippen LogP contribution < -0.4 is 0 Å². The van der Waals surface area contributed by atoms with E-state index in [9.17, 15) is 22.8 Å². The zero-order valence-electron chi connectivity index (χ0n) is 14.8. The number of benzene rings is 1. The average molecular weight is 370 g/mol. The molecule has 0 N–H and O–H groups in total. The molecule has 0 saturated carbocycles. The maximum Gasteiger partial charge on any atom is 0.408 e. The van der Waals surface area contributed by atoms with Gasteiger partial charge in [-0.3, -0.25) is 14.6 Å². The molecule has 2 fully saturated rings. The van der Waals surface area contributed by atoms with Gasteiger partial charge in [-0.1, -0.05) is 30.3 Å². The molecule has 26 heavy (non-hydrogen) atoms. The lowest BCUT2D eigenvalue weighted by molar-refractivity contribution is -0.243. The number of nitrogens with zero attached hydrogens (tertiary/aromatic N) is 2. The Kier molecular flexibility index (Phi) is 4.29. The van der Waals surface area contributed by atoms with E-state index in [4.69, 9.17) is 4.74 Å². The molecule has 2 atom stereocenters. The molecule has 0 aliphatic carbocycles.